The highest BCUT2D eigenvalue weighted by Gasteiger charge is 2.50. The van der Waals surface area contributed by atoms with Crippen LogP contribution < -0.4 is 0 Å². The number of hydrogen-bond acceptors (Lipinski definition) is 2. The van der Waals surface area contributed by atoms with E-state index in [1.807, 2.05) is 24.3 Å². The van der Waals surface area contributed by atoms with Crippen LogP contribution in [-0.4, -0.2) is 20.6 Å². The van der Waals surface area contributed by atoms with Crippen molar-refractivity contribution in [2.75, 3.05) is 0 Å². The van der Waals surface area contributed by atoms with Gasteiger partial charge < -0.3 is 4.90 Å². The van der Waals surface area contributed by atoms with Crippen molar-refractivity contribution in [1.82, 2.24) is 14.7 Å². The molecule has 2 aromatic carbocycles. The molecule has 1 amide bonds. The Hall–Kier alpha value is -3.02. The summed E-state index contributed by atoms with van der Waals surface area (Å²) >= 11 is 0. The summed E-state index contributed by atoms with van der Waals surface area (Å²) in [4.78, 5) is 15.1. The highest BCUT2D eigenvalue weighted by Crippen LogP contribution is 2.57. The Morgan fingerprint density at radius 2 is 1.82 bits per heavy atom. The monoisotopic (exact) mass is 377 g/mol. The van der Waals surface area contributed by atoms with Crippen LogP contribution in [0.2, 0.25) is 0 Å². The van der Waals surface area contributed by atoms with E-state index in [4.69, 9.17) is 0 Å². The lowest BCUT2D eigenvalue weighted by Gasteiger charge is -2.14. The third-order valence-corrected chi connectivity index (χ3v) is 6.23. The van der Waals surface area contributed by atoms with Crippen molar-refractivity contribution >= 4 is 5.91 Å². The number of amides is 1. The minimum Gasteiger partial charge on any atom is -0.329 e. The van der Waals surface area contributed by atoms with Crippen LogP contribution >= 0.6 is 0 Å². The summed E-state index contributed by atoms with van der Waals surface area (Å²) in [5.74, 6) is -0.563. The molecular formula is C22H17F2N3O. The maximum absolute atomic E-state index is 14.4. The second-order valence-corrected chi connectivity index (χ2v) is 7.96. The summed E-state index contributed by atoms with van der Waals surface area (Å²) in [6.07, 6.45) is 1.86. The average molecular weight is 377 g/mol. The largest absolute Gasteiger partial charge is 0.329 e. The van der Waals surface area contributed by atoms with Gasteiger partial charge in [-0.2, -0.15) is 5.10 Å². The zero-order chi connectivity index (χ0) is 19.0. The van der Waals surface area contributed by atoms with Crippen molar-refractivity contribution in [3.63, 3.8) is 0 Å². The van der Waals surface area contributed by atoms with Gasteiger partial charge in [0.2, 0.25) is 0 Å². The molecule has 2 atom stereocenters. The van der Waals surface area contributed by atoms with Crippen molar-refractivity contribution in [3.8, 4) is 5.69 Å². The normalized spacial score (nSPS) is 21.4. The molecule has 1 saturated carbocycles. The first-order valence-electron chi connectivity index (χ1n) is 9.53. The van der Waals surface area contributed by atoms with Crippen molar-refractivity contribution in [2.24, 2.45) is 5.92 Å². The quantitative estimate of drug-likeness (QED) is 0.678. The molecule has 2 aliphatic carbocycles. The van der Waals surface area contributed by atoms with E-state index in [0.29, 0.717) is 30.6 Å². The third-order valence-electron chi connectivity index (χ3n) is 6.23. The van der Waals surface area contributed by atoms with Gasteiger partial charge in [-0.15, -0.1) is 0 Å². The van der Waals surface area contributed by atoms with E-state index < -0.39 is 11.6 Å². The van der Waals surface area contributed by atoms with Gasteiger partial charge in [0.15, 0.2) is 11.5 Å². The van der Waals surface area contributed by atoms with Crippen molar-refractivity contribution in [1.29, 1.82) is 0 Å². The predicted octanol–water partition coefficient (Wildman–Crippen LogP) is 3.97. The van der Waals surface area contributed by atoms with E-state index in [0.717, 1.165) is 41.3 Å². The first-order chi connectivity index (χ1) is 13.6. The number of halogens is 2. The number of carbonyl (C=O) groups is 1. The molecule has 6 heteroatoms. The Morgan fingerprint density at radius 3 is 2.54 bits per heavy atom. The molecule has 0 unspecified atom stereocenters. The molecule has 140 valence electrons. The summed E-state index contributed by atoms with van der Waals surface area (Å²) < 4.78 is 29.3. The number of carbonyl (C=O) groups excluding carboxylic acids is 1. The summed E-state index contributed by atoms with van der Waals surface area (Å²) in [5.41, 5.74) is 4.79. The van der Waals surface area contributed by atoms with Gasteiger partial charge >= 0.3 is 0 Å². The van der Waals surface area contributed by atoms with Gasteiger partial charge in [0.05, 0.1) is 5.69 Å². The van der Waals surface area contributed by atoms with Gasteiger partial charge in [-0.25, -0.2) is 13.5 Å². The molecule has 28 heavy (non-hydrogen) atoms. The molecule has 3 aromatic rings. The summed E-state index contributed by atoms with van der Waals surface area (Å²) in [6, 6.07) is 11.5. The smallest absolute Gasteiger partial charge is 0.275 e. The number of rotatable bonds is 2. The molecule has 2 heterocycles. The zero-order valence-electron chi connectivity index (χ0n) is 15.0. The maximum atomic E-state index is 14.4. The third kappa shape index (κ3) is 2.20. The summed E-state index contributed by atoms with van der Waals surface area (Å²) in [6.45, 7) is 1.13. The van der Waals surface area contributed by atoms with E-state index in [2.05, 4.69) is 5.10 Å². The van der Waals surface area contributed by atoms with Gasteiger partial charge in [-0.3, -0.25) is 4.79 Å². The number of aromatic nitrogens is 2. The van der Waals surface area contributed by atoms with Gasteiger partial charge in [-0.05, 0) is 42.0 Å². The van der Waals surface area contributed by atoms with Gasteiger partial charge in [0.25, 0.3) is 5.91 Å². The molecule has 6 rings (SSSR count). The van der Waals surface area contributed by atoms with Crippen LogP contribution in [0.25, 0.3) is 5.69 Å². The van der Waals surface area contributed by atoms with E-state index in [-0.39, 0.29) is 11.6 Å². The predicted molar refractivity (Wildman–Crippen MR) is 98.1 cm³/mol. The molecule has 0 saturated heterocycles. The first kappa shape index (κ1) is 16.0. The number of benzene rings is 2. The first-order valence-corrected chi connectivity index (χ1v) is 9.53. The molecule has 1 aromatic heterocycles. The molecule has 0 radical (unpaired) electrons. The standard InChI is InChI=1S/C22H17F2N3O/c23-15-5-6-19(18(24)9-15)27-21-16-7-14(16)8-17(21)20(25-27)22(28)26-10-12-3-1-2-4-13(12)11-26/h1-6,9,14,16H,7-8,10-11H2/t14-,16-/m1/s1. The fourth-order valence-corrected chi connectivity index (χ4v) is 4.75. The molecule has 1 fully saturated rings. The summed E-state index contributed by atoms with van der Waals surface area (Å²) in [5, 5.41) is 4.54. The Labute approximate surface area is 160 Å². The Balaban J connectivity index is 1.42. The molecule has 3 aliphatic rings. The van der Waals surface area contributed by atoms with Crippen LogP contribution in [0.4, 0.5) is 8.78 Å². The van der Waals surface area contributed by atoms with Crippen LogP contribution in [0.5, 0.6) is 0 Å². The molecule has 0 spiro atoms. The molecule has 0 bridgehead atoms. The fraction of sp³-hybridized carbons (Fsp3) is 0.273. The highest BCUT2D eigenvalue weighted by molar-refractivity contribution is 5.95. The summed E-state index contributed by atoms with van der Waals surface area (Å²) in [7, 11) is 0. The van der Waals surface area contributed by atoms with Crippen LogP contribution in [0.15, 0.2) is 42.5 Å². The maximum Gasteiger partial charge on any atom is 0.275 e. The van der Waals surface area contributed by atoms with Crippen molar-refractivity contribution < 1.29 is 13.6 Å². The van der Waals surface area contributed by atoms with Gasteiger partial charge in [-0.1, -0.05) is 24.3 Å². The average Bonchev–Trinajstić information content (AvgIpc) is 3.05. The fourth-order valence-electron chi connectivity index (χ4n) is 4.75. The topological polar surface area (TPSA) is 38.1 Å². The molecular weight excluding hydrogens is 360 g/mol. The van der Waals surface area contributed by atoms with E-state index in [9.17, 15) is 13.6 Å². The lowest BCUT2D eigenvalue weighted by atomic mass is 10.1. The Bertz CT molecular complexity index is 1130. The van der Waals surface area contributed by atoms with Crippen molar-refractivity contribution in [2.45, 2.75) is 31.8 Å². The van der Waals surface area contributed by atoms with Crippen LogP contribution in [0.3, 0.4) is 0 Å². The SMILES string of the molecule is O=C(c1nn(-c2ccc(F)cc2F)c2c1C[C@H]1C[C@@H]21)N1Cc2ccccc2C1. The second-order valence-electron chi connectivity index (χ2n) is 7.96. The minimum absolute atomic E-state index is 0.116. The van der Waals surface area contributed by atoms with Gasteiger partial charge in [0, 0.05) is 30.6 Å². The van der Waals surface area contributed by atoms with Crippen LogP contribution in [0.1, 0.15) is 45.2 Å². The Morgan fingerprint density at radius 1 is 1.07 bits per heavy atom. The van der Waals surface area contributed by atoms with Gasteiger partial charge in [0.1, 0.15) is 11.5 Å². The van der Waals surface area contributed by atoms with Crippen LogP contribution in [-0.2, 0) is 19.5 Å². The molecule has 4 nitrogen and oxygen atoms in total. The number of nitrogens with zero attached hydrogens (tertiary/aromatic N) is 3. The van der Waals surface area contributed by atoms with E-state index in [1.54, 1.807) is 4.90 Å². The van der Waals surface area contributed by atoms with Crippen LogP contribution in [0, 0.1) is 17.6 Å². The molecule has 0 N–H and O–H groups in total. The zero-order valence-corrected chi connectivity index (χ0v) is 15.0. The lowest BCUT2D eigenvalue weighted by Crippen LogP contribution is -2.26. The van der Waals surface area contributed by atoms with Crippen molar-refractivity contribution in [3.05, 3.63) is 82.2 Å². The van der Waals surface area contributed by atoms with E-state index >= 15 is 0 Å². The number of hydrogen-bond donors (Lipinski definition) is 0. The number of fused-ring (bicyclic) bond motifs is 4. The van der Waals surface area contributed by atoms with E-state index in [1.165, 1.54) is 16.8 Å². The molecule has 1 aliphatic heterocycles. The lowest BCUT2D eigenvalue weighted by molar-refractivity contribution is 0.0743. The minimum atomic E-state index is -0.665. The second kappa shape index (κ2) is 5.50. The Kier molecular flexibility index (Phi) is 3.14. The highest BCUT2D eigenvalue weighted by atomic mass is 19.1.